The molecule has 0 nitrogen and oxygen atoms in total. The van der Waals surface area contributed by atoms with Gasteiger partial charge in [0.05, 0.1) is 9.72 Å². The van der Waals surface area contributed by atoms with Crippen LogP contribution in [-0.4, -0.2) is 0 Å². The molecule has 0 aliphatic carbocycles. The lowest BCUT2D eigenvalue weighted by Crippen LogP contribution is -1.71. The third-order valence-corrected chi connectivity index (χ3v) is 6.76. The van der Waals surface area contributed by atoms with Gasteiger partial charge in [-0.1, -0.05) is 48.0 Å². The lowest BCUT2D eigenvalue weighted by Gasteiger charge is -1.98. The Kier molecular flexibility index (Phi) is 2.40. The van der Waals surface area contributed by atoms with Crippen molar-refractivity contribution >= 4 is 74.6 Å². The second-order valence-corrected chi connectivity index (χ2v) is 7.65. The van der Waals surface area contributed by atoms with Gasteiger partial charge in [-0.05, 0) is 18.2 Å². The van der Waals surface area contributed by atoms with Crippen molar-refractivity contribution in [2.75, 3.05) is 0 Å². The van der Waals surface area contributed by atoms with E-state index in [2.05, 4.69) is 54.6 Å². The van der Waals surface area contributed by atoms with E-state index < -0.39 is 0 Å². The first-order valence-corrected chi connectivity index (χ1v) is 8.75. The molecular weight excluding hydrogens is 316 g/mol. The van der Waals surface area contributed by atoms with E-state index in [1.54, 1.807) is 11.3 Å². The van der Waals surface area contributed by atoms with E-state index in [-0.39, 0.29) is 0 Å². The molecule has 0 atom stereocenters. The molecule has 0 spiro atoms. The Labute approximate surface area is 134 Å². The van der Waals surface area contributed by atoms with E-state index in [1.807, 2.05) is 11.3 Å². The number of rotatable bonds is 0. The SMILES string of the molecule is Clc1cc2c3ccccc3sc2c2c1sc1ccccc12. The van der Waals surface area contributed by atoms with Gasteiger partial charge in [0.2, 0.25) is 0 Å². The largest absolute Gasteiger partial charge is 0.134 e. The molecule has 0 aliphatic heterocycles. The lowest BCUT2D eigenvalue weighted by molar-refractivity contribution is 1.86. The summed E-state index contributed by atoms with van der Waals surface area (Å²) in [6.07, 6.45) is 0. The molecule has 3 aromatic carbocycles. The number of fused-ring (bicyclic) bond motifs is 7. The summed E-state index contributed by atoms with van der Waals surface area (Å²) in [6.45, 7) is 0. The molecule has 0 amide bonds. The van der Waals surface area contributed by atoms with Crippen LogP contribution in [0, 0.1) is 0 Å². The molecule has 2 heterocycles. The molecule has 100 valence electrons. The third kappa shape index (κ3) is 1.55. The number of hydrogen-bond acceptors (Lipinski definition) is 2. The molecule has 0 saturated heterocycles. The minimum Gasteiger partial charge on any atom is -0.134 e. The molecule has 0 saturated carbocycles. The van der Waals surface area contributed by atoms with Crippen molar-refractivity contribution in [3.8, 4) is 0 Å². The van der Waals surface area contributed by atoms with Gasteiger partial charge in [-0.15, -0.1) is 22.7 Å². The second-order valence-electron chi connectivity index (χ2n) is 5.14. The van der Waals surface area contributed by atoms with Crippen LogP contribution in [0.3, 0.4) is 0 Å². The van der Waals surface area contributed by atoms with Gasteiger partial charge < -0.3 is 0 Å². The van der Waals surface area contributed by atoms with Crippen LogP contribution >= 0.6 is 34.3 Å². The molecule has 0 unspecified atom stereocenters. The summed E-state index contributed by atoms with van der Waals surface area (Å²) in [6, 6.07) is 19.3. The Hall–Kier alpha value is -1.61. The Morgan fingerprint density at radius 3 is 2.10 bits per heavy atom. The van der Waals surface area contributed by atoms with Crippen LogP contribution in [0.5, 0.6) is 0 Å². The molecule has 21 heavy (non-hydrogen) atoms. The van der Waals surface area contributed by atoms with Gasteiger partial charge >= 0.3 is 0 Å². The highest BCUT2D eigenvalue weighted by molar-refractivity contribution is 7.30. The highest BCUT2D eigenvalue weighted by Gasteiger charge is 2.15. The number of thiophene rings is 2. The van der Waals surface area contributed by atoms with Gasteiger partial charge in [0.1, 0.15) is 0 Å². The quantitative estimate of drug-likeness (QED) is 0.285. The second kappa shape index (κ2) is 4.20. The normalized spacial score (nSPS) is 12.0. The summed E-state index contributed by atoms with van der Waals surface area (Å²) in [5, 5.41) is 6.08. The average Bonchev–Trinajstić information content (AvgIpc) is 3.06. The first kappa shape index (κ1) is 12.0. The van der Waals surface area contributed by atoms with E-state index in [9.17, 15) is 0 Å². The van der Waals surface area contributed by atoms with Gasteiger partial charge in [0.25, 0.3) is 0 Å². The summed E-state index contributed by atoms with van der Waals surface area (Å²) in [7, 11) is 0. The van der Waals surface area contributed by atoms with Crippen molar-refractivity contribution in [3.63, 3.8) is 0 Å². The number of halogens is 1. The van der Waals surface area contributed by atoms with Crippen molar-refractivity contribution in [1.29, 1.82) is 0 Å². The van der Waals surface area contributed by atoms with Gasteiger partial charge in [-0.2, -0.15) is 0 Å². The average molecular weight is 325 g/mol. The van der Waals surface area contributed by atoms with Crippen molar-refractivity contribution in [1.82, 2.24) is 0 Å². The van der Waals surface area contributed by atoms with Crippen molar-refractivity contribution in [2.24, 2.45) is 0 Å². The lowest BCUT2D eigenvalue weighted by atomic mass is 10.1. The molecule has 5 aromatic rings. The van der Waals surface area contributed by atoms with Crippen LogP contribution in [0.2, 0.25) is 5.02 Å². The zero-order valence-electron chi connectivity index (χ0n) is 10.9. The van der Waals surface area contributed by atoms with E-state index in [0.717, 1.165) is 5.02 Å². The zero-order chi connectivity index (χ0) is 14.0. The molecular formula is C18H9ClS2. The number of benzene rings is 3. The van der Waals surface area contributed by atoms with Crippen LogP contribution in [-0.2, 0) is 0 Å². The Morgan fingerprint density at radius 1 is 0.667 bits per heavy atom. The first-order valence-electron chi connectivity index (χ1n) is 6.74. The van der Waals surface area contributed by atoms with Crippen LogP contribution < -0.4 is 0 Å². The van der Waals surface area contributed by atoms with E-state index in [1.165, 1.54) is 40.3 Å². The van der Waals surface area contributed by atoms with Crippen molar-refractivity contribution in [3.05, 3.63) is 59.6 Å². The maximum Gasteiger partial charge on any atom is 0.0591 e. The predicted octanol–water partition coefficient (Wildman–Crippen LogP) is 7.08. The minimum atomic E-state index is 0.863. The predicted molar refractivity (Wildman–Crippen MR) is 97.2 cm³/mol. The van der Waals surface area contributed by atoms with Gasteiger partial charge in [-0.25, -0.2) is 0 Å². The summed E-state index contributed by atoms with van der Waals surface area (Å²) in [5.74, 6) is 0. The molecule has 0 bridgehead atoms. The fraction of sp³-hybridized carbons (Fsp3) is 0. The van der Waals surface area contributed by atoms with E-state index >= 15 is 0 Å². The topological polar surface area (TPSA) is 0 Å². The Bertz CT molecular complexity index is 1150. The fourth-order valence-electron chi connectivity index (χ4n) is 3.03. The molecule has 3 heteroatoms. The highest BCUT2D eigenvalue weighted by Crippen LogP contribution is 2.47. The fourth-order valence-corrected chi connectivity index (χ4v) is 5.77. The summed E-state index contributed by atoms with van der Waals surface area (Å²) < 4.78 is 5.19. The molecule has 0 radical (unpaired) electrons. The molecule has 5 rings (SSSR count). The van der Waals surface area contributed by atoms with Crippen LogP contribution in [0.25, 0.3) is 40.3 Å². The number of hydrogen-bond donors (Lipinski definition) is 0. The molecule has 2 aromatic heterocycles. The maximum absolute atomic E-state index is 6.58. The monoisotopic (exact) mass is 324 g/mol. The summed E-state index contributed by atoms with van der Waals surface area (Å²) in [5.41, 5.74) is 0. The van der Waals surface area contributed by atoms with Gasteiger partial charge in [0, 0.05) is 35.6 Å². The third-order valence-electron chi connectivity index (χ3n) is 3.94. The van der Waals surface area contributed by atoms with Crippen LogP contribution in [0.4, 0.5) is 0 Å². The smallest absolute Gasteiger partial charge is 0.0591 e. The molecule has 0 fully saturated rings. The summed E-state index contributed by atoms with van der Waals surface area (Å²) in [4.78, 5) is 0. The zero-order valence-corrected chi connectivity index (χ0v) is 13.3. The van der Waals surface area contributed by atoms with Gasteiger partial charge in [-0.3, -0.25) is 0 Å². The van der Waals surface area contributed by atoms with Crippen LogP contribution in [0.15, 0.2) is 54.6 Å². The minimum absolute atomic E-state index is 0.863. The van der Waals surface area contributed by atoms with Crippen molar-refractivity contribution in [2.45, 2.75) is 0 Å². The van der Waals surface area contributed by atoms with Crippen molar-refractivity contribution < 1.29 is 0 Å². The van der Waals surface area contributed by atoms with E-state index in [0.29, 0.717) is 0 Å². The molecule has 0 N–H and O–H groups in total. The van der Waals surface area contributed by atoms with Crippen LogP contribution in [0.1, 0.15) is 0 Å². The maximum atomic E-state index is 6.58. The Morgan fingerprint density at radius 2 is 1.29 bits per heavy atom. The summed E-state index contributed by atoms with van der Waals surface area (Å²) >= 11 is 10.2. The standard InChI is InChI=1S/C18H9ClS2/c19-13-9-12-10-5-1-3-7-14(10)20-17(12)16-11-6-2-4-8-15(11)21-18(13)16/h1-9H. The Balaban J connectivity index is 2.17. The van der Waals surface area contributed by atoms with Gasteiger partial charge in [0.15, 0.2) is 0 Å². The first-order chi connectivity index (χ1) is 10.3. The molecule has 0 aliphatic rings. The highest BCUT2D eigenvalue weighted by atomic mass is 35.5. The van der Waals surface area contributed by atoms with E-state index in [4.69, 9.17) is 11.6 Å².